The van der Waals surface area contributed by atoms with Crippen LogP contribution in [0.5, 0.6) is 0 Å². The Morgan fingerprint density at radius 1 is 0.875 bits per heavy atom. The molecule has 0 aliphatic heterocycles. The van der Waals surface area contributed by atoms with Gasteiger partial charge in [0.15, 0.2) is 0 Å². The second-order valence-corrected chi connectivity index (χ2v) is 3.00. The van der Waals surface area contributed by atoms with Crippen LogP contribution >= 0.6 is 0 Å². The average molecular weight is 216 g/mol. The molecule has 0 saturated heterocycles. The molecule has 86 valence electrons. The van der Waals surface area contributed by atoms with E-state index in [0.717, 1.165) is 5.69 Å². The molecule has 0 atom stereocenters. The van der Waals surface area contributed by atoms with Crippen LogP contribution in [0.1, 0.15) is 25.1 Å². The van der Waals surface area contributed by atoms with E-state index in [0.29, 0.717) is 0 Å². The lowest BCUT2D eigenvalue weighted by Gasteiger charge is -1.82. The SMILES string of the molecule is CC.Cc1ccccc1.Cc1cnccn1. The van der Waals surface area contributed by atoms with E-state index in [-0.39, 0.29) is 0 Å². The lowest BCUT2D eigenvalue weighted by Crippen LogP contribution is -1.77. The summed E-state index contributed by atoms with van der Waals surface area (Å²) < 4.78 is 0. The number of hydrogen-bond acceptors (Lipinski definition) is 2. The van der Waals surface area contributed by atoms with Crippen LogP contribution in [0.15, 0.2) is 48.9 Å². The molecular formula is C14H20N2. The normalized spacial score (nSPS) is 8.00. The molecule has 0 unspecified atom stereocenters. The molecule has 2 heteroatoms. The van der Waals surface area contributed by atoms with Gasteiger partial charge in [0, 0.05) is 18.6 Å². The lowest BCUT2D eigenvalue weighted by molar-refractivity contribution is 1.12. The monoisotopic (exact) mass is 216 g/mol. The Morgan fingerprint density at radius 2 is 1.50 bits per heavy atom. The van der Waals surface area contributed by atoms with Gasteiger partial charge in [0.05, 0.1) is 5.69 Å². The van der Waals surface area contributed by atoms with E-state index < -0.39 is 0 Å². The van der Waals surface area contributed by atoms with Crippen molar-refractivity contribution in [3.05, 3.63) is 60.2 Å². The lowest BCUT2D eigenvalue weighted by atomic mass is 10.2. The van der Waals surface area contributed by atoms with Crippen molar-refractivity contribution < 1.29 is 0 Å². The van der Waals surface area contributed by atoms with Crippen molar-refractivity contribution in [3.63, 3.8) is 0 Å². The van der Waals surface area contributed by atoms with E-state index in [2.05, 4.69) is 29.0 Å². The Morgan fingerprint density at radius 3 is 1.75 bits per heavy atom. The number of rotatable bonds is 0. The van der Waals surface area contributed by atoms with Gasteiger partial charge in [-0.2, -0.15) is 0 Å². The van der Waals surface area contributed by atoms with Crippen molar-refractivity contribution in [2.24, 2.45) is 0 Å². The first kappa shape index (κ1) is 14.3. The molecule has 1 aromatic carbocycles. The Kier molecular flexibility index (Phi) is 8.79. The second-order valence-electron chi connectivity index (χ2n) is 3.00. The Balaban J connectivity index is 0.000000244. The summed E-state index contributed by atoms with van der Waals surface area (Å²) in [6.45, 7) is 7.99. The minimum Gasteiger partial charge on any atom is -0.261 e. The first-order valence-corrected chi connectivity index (χ1v) is 5.53. The zero-order chi connectivity index (χ0) is 12.2. The fraction of sp³-hybridized carbons (Fsp3) is 0.286. The van der Waals surface area contributed by atoms with Crippen molar-refractivity contribution in [3.8, 4) is 0 Å². The maximum absolute atomic E-state index is 3.92. The van der Waals surface area contributed by atoms with Crippen molar-refractivity contribution in [2.45, 2.75) is 27.7 Å². The van der Waals surface area contributed by atoms with Gasteiger partial charge >= 0.3 is 0 Å². The first-order chi connectivity index (χ1) is 7.79. The van der Waals surface area contributed by atoms with Gasteiger partial charge in [0.25, 0.3) is 0 Å². The number of aromatic nitrogens is 2. The molecule has 0 spiro atoms. The quantitative estimate of drug-likeness (QED) is 0.669. The van der Waals surface area contributed by atoms with Crippen LogP contribution in [0.3, 0.4) is 0 Å². The molecule has 0 aliphatic rings. The molecule has 2 aromatic rings. The summed E-state index contributed by atoms with van der Waals surface area (Å²) in [5, 5.41) is 0. The largest absolute Gasteiger partial charge is 0.261 e. The van der Waals surface area contributed by atoms with E-state index in [1.165, 1.54) is 5.56 Å². The molecule has 0 aliphatic carbocycles. The van der Waals surface area contributed by atoms with Crippen molar-refractivity contribution in [1.82, 2.24) is 9.97 Å². The highest BCUT2D eigenvalue weighted by molar-refractivity contribution is 5.11. The molecule has 16 heavy (non-hydrogen) atoms. The van der Waals surface area contributed by atoms with E-state index in [9.17, 15) is 0 Å². The maximum Gasteiger partial charge on any atom is 0.0555 e. The van der Waals surface area contributed by atoms with E-state index in [4.69, 9.17) is 0 Å². The zero-order valence-electron chi connectivity index (χ0n) is 10.5. The third kappa shape index (κ3) is 7.68. The van der Waals surface area contributed by atoms with Crippen molar-refractivity contribution in [1.29, 1.82) is 0 Å². The van der Waals surface area contributed by atoms with Crippen molar-refractivity contribution in [2.75, 3.05) is 0 Å². The van der Waals surface area contributed by atoms with Gasteiger partial charge < -0.3 is 0 Å². The summed E-state index contributed by atoms with van der Waals surface area (Å²) in [7, 11) is 0. The molecule has 1 aromatic heterocycles. The molecule has 1 heterocycles. The molecule has 2 nitrogen and oxygen atoms in total. The fourth-order valence-electron chi connectivity index (χ4n) is 0.908. The third-order valence-corrected chi connectivity index (χ3v) is 1.63. The summed E-state index contributed by atoms with van der Waals surface area (Å²) in [4.78, 5) is 7.74. The predicted octanol–water partition coefficient (Wildman–Crippen LogP) is 3.81. The summed E-state index contributed by atoms with van der Waals surface area (Å²) in [5.74, 6) is 0. The third-order valence-electron chi connectivity index (χ3n) is 1.63. The molecule has 0 radical (unpaired) electrons. The van der Waals surface area contributed by atoms with E-state index in [1.807, 2.05) is 39.0 Å². The van der Waals surface area contributed by atoms with Crippen LogP contribution in [0.2, 0.25) is 0 Å². The van der Waals surface area contributed by atoms with Gasteiger partial charge in [-0.3, -0.25) is 9.97 Å². The minimum atomic E-state index is 0.961. The Bertz CT molecular complexity index is 306. The molecule has 2 rings (SSSR count). The Hall–Kier alpha value is -1.70. The maximum atomic E-state index is 3.92. The predicted molar refractivity (Wildman–Crippen MR) is 69.3 cm³/mol. The Labute approximate surface area is 98.4 Å². The standard InChI is InChI=1S/C7H8.C5H6N2.C2H6/c1-7-5-3-2-4-6-7;1-5-4-6-2-3-7-5;1-2/h2-6H,1H3;2-4H,1H3;1-2H3. The highest BCUT2D eigenvalue weighted by Gasteiger charge is 1.74. The molecule has 0 bridgehead atoms. The van der Waals surface area contributed by atoms with Gasteiger partial charge in [-0.25, -0.2) is 0 Å². The number of benzene rings is 1. The van der Waals surface area contributed by atoms with Gasteiger partial charge in [-0.15, -0.1) is 0 Å². The van der Waals surface area contributed by atoms with Gasteiger partial charge in [-0.05, 0) is 13.8 Å². The fourth-order valence-corrected chi connectivity index (χ4v) is 0.908. The number of aryl methyl sites for hydroxylation is 2. The molecule has 0 fully saturated rings. The first-order valence-electron chi connectivity index (χ1n) is 5.53. The van der Waals surface area contributed by atoms with Crippen LogP contribution in [-0.2, 0) is 0 Å². The van der Waals surface area contributed by atoms with E-state index >= 15 is 0 Å². The average Bonchev–Trinajstić information content (AvgIpc) is 2.34. The van der Waals surface area contributed by atoms with Gasteiger partial charge in [0.2, 0.25) is 0 Å². The summed E-state index contributed by atoms with van der Waals surface area (Å²) in [6, 6.07) is 10.3. The molecular weight excluding hydrogens is 196 g/mol. The van der Waals surface area contributed by atoms with Gasteiger partial charge in [0.1, 0.15) is 0 Å². The van der Waals surface area contributed by atoms with Crippen LogP contribution in [0.4, 0.5) is 0 Å². The topological polar surface area (TPSA) is 25.8 Å². The summed E-state index contributed by atoms with van der Waals surface area (Å²) >= 11 is 0. The molecule has 0 amide bonds. The van der Waals surface area contributed by atoms with Crippen molar-refractivity contribution >= 4 is 0 Å². The summed E-state index contributed by atoms with van der Waals surface area (Å²) in [5.41, 5.74) is 2.28. The highest BCUT2D eigenvalue weighted by Crippen LogP contribution is 1.92. The minimum absolute atomic E-state index is 0.961. The smallest absolute Gasteiger partial charge is 0.0555 e. The zero-order valence-corrected chi connectivity index (χ0v) is 10.5. The van der Waals surface area contributed by atoms with Crippen LogP contribution in [-0.4, -0.2) is 9.97 Å². The van der Waals surface area contributed by atoms with Crippen LogP contribution < -0.4 is 0 Å². The summed E-state index contributed by atoms with van der Waals surface area (Å²) in [6.07, 6.45) is 5.06. The number of hydrogen-bond donors (Lipinski definition) is 0. The molecule has 0 N–H and O–H groups in total. The van der Waals surface area contributed by atoms with Crippen LogP contribution in [0, 0.1) is 13.8 Å². The second kappa shape index (κ2) is 9.84. The molecule has 0 saturated carbocycles. The number of nitrogens with zero attached hydrogens (tertiary/aromatic N) is 2. The van der Waals surface area contributed by atoms with Gasteiger partial charge in [-0.1, -0.05) is 49.7 Å². The highest BCUT2D eigenvalue weighted by atomic mass is 14.7. The van der Waals surface area contributed by atoms with Crippen LogP contribution in [0.25, 0.3) is 0 Å². The van der Waals surface area contributed by atoms with E-state index in [1.54, 1.807) is 18.6 Å².